The summed E-state index contributed by atoms with van der Waals surface area (Å²) in [7, 11) is 0. The molecule has 1 aromatic rings. The predicted molar refractivity (Wildman–Crippen MR) is 87.9 cm³/mol. The minimum atomic E-state index is -0.971. The van der Waals surface area contributed by atoms with E-state index in [4.69, 9.17) is 5.11 Å². The molecule has 1 aromatic carbocycles. The monoisotopic (exact) mass is 315 g/mol. The lowest BCUT2D eigenvalue weighted by atomic mass is 9.76. The van der Waals surface area contributed by atoms with E-state index in [0.717, 1.165) is 5.56 Å². The van der Waals surface area contributed by atoms with Crippen molar-refractivity contribution in [2.75, 3.05) is 0 Å². The van der Waals surface area contributed by atoms with Gasteiger partial charge in [0.25, 0.3) is 0 Å². The second-order valence-electron chi connectivity index (χ2n) is 6.67. The Morgan fingerprint density at radius 2 is 1.83 bits per heavy atom. The second-order valence-corrected chi connectivity index (χ2v) is 6.67. The Bertz CT molecular complexity index is 696. The smallest absolute Gasteiger partial charge is 0.335 e. The number of carbonyl (C=O) groups is 2. The van der Waals surface area contributed by atoms with Crippen LogP contribution in [0.15, 0.2) is 40.6 Å². The molecule has 0 heterocycles. The van der Waals surface area contributed by atoms with E-state index in [9.17, 15) is 14.7 Å². The normalized spacial score (nSPS) is 18.2. The number of aromatic carboxylic acids is 1. The highest BCUT2D eigenvalue weighted by molar-refractivity contribution is 6.22. The molecule has 0 aromatic heterocycles. The van der Waals surface area contributed by atoms with Gasteiger partial charge in [0.05, 0.1) is 17.7 Å². The molecule has 1 aliphatic rings. The lowest BCUT2D eigenvalue weighted by Gasteiger charge is -2.29. The zero-order valence-electron chi connectivity index (χ0n) is 13.6. The molecule has 1 aliphatic carbocycles. The first-order valence-electron chi connectivity index (χ1n) is 7.48. The lowest BCUT2D eigenvalue weighted by molar-refractivity contribution is -0.117. The van der Waals surface area contributed by atoms with Crippen molar-refractivity contribution in [1.29, 1.82) is 0 Å². The molecule has 0 spiro atoms. The fourth-order valence-corrected chi connectivity index (χ4v) is 2.74. The maximum absolute atomic E-state index is 12.2. The fourth-order valence-electron chi connectivity index (χ4n) is 2.74. The number of carbonyl (C=O) groups excluding carboxylic acids is 1. The van der Waals surface area contributed by atoms with Crippen LogP contribution in [-0.4, -0.2) is 27.7 Å². The summed E-state index contributed by atoms with van der Waals surface area (Å²) in [6.07, 6.45) is 0.862. The number of carboxylic acids is 1. The van der Waals surface area contributed by atoms with Gasteiger partial charge in [-0.2, -0.15) is 0 Å². The maximum atomic E-state index is 12.2. The molecule has 0 saturated carbocycles. The molecular weight excluding hydrogens is 294 g/mol. The predicted octanol–water partition coefficient (Wildman–Crippen LogP) is 3.55. The standard InChI is InChI=1S/C18H21NO4/c1-11(16-14(20)8-18(2,3)9-15(16)21)19-10-12-4-6-13(7-5-12)17(22)23/h4-7,20H,8-10H2,1-3H3,(H,22,23). The Labute approximate surface area is 135 Å². The van der Waals surface area contributed by atoms with E-state index >= 15 is 0 Å². The highest BCUT2D eigenvalue weighted by atomic mass is 16.4. The molecule has 23 heavy (non-hydrogen) atoms. The third-order valence-electron chi connectivity index (χ3n) is 3.91. The maximum Gasteiger partial charge on any atom is 0.335 e. The molecule has 0 saturated heterocycles. The van der Waals surface area contributed by atoms with Crippen LogP contribution in [0.1, 0.15) is 49.5 Å². The lowest BCUT2D eigenvalue weighted by Crippen LogP contribution is -2.28. The quantitative estimate of drug-likeness (QED) is 0.832. The number of benzene rings is 1. The van der Waals surface area contributed by atoms with Crippen molar-refractivity contribution in [3.8, 4) is 0 Å². The fraction of sp³-hybridized carbons (Fsp3) is 0.389. The van der Waals surface area contributed by atoms with Crippen molar-refractivity contribution in [1.82, 2.24) is 0 Å². The van der Waals surface area contributed by atoms with Crippen molar-refractivity contribution in [2.45, 2.75) is 40.2 Å². The van der Waals surface area contributed by atoms with Crippen molar-refractivity contribution in [2.24, 2.45) is 10.4 Å². The van der Waals surface area contributed by atoms with Crippen LogP contribution >= 0.6 is 0 Å². The average Bonchev–Trinajstić information content (AvgIpc) is 2.43. The van der Waals surface area contributed by atoms with E-state index in [2.05, 4.69) is 4.99 Å². The molecule has 0 unspecified atom stereocenters. The summed E-state index contributed by atoms with van der Waals surface area (Å²) in [6.45, 7) is 5.95. The number of aliphatic imine (C=N–C) groups is 1. The Hall–Kier alpha value is -2.43. The first kappa shape index (κ1) is 16.9. The summed E-state index contributed by atoms with van der Waals surface area (Å²) in [6, 6.07) is 6.43. The summed E-state index contributed by atoms with van der Waals surface area (Å²) < 4.78 is 0. The van der Waals surface area contributed by atoms with Crippen LogP contribution in [0.4, 0.5) is 0 Å². The van der Waals surface area contributed by atoms with Gasteiger partial charge < -0.3 is 10.2 Å². The van der Waals surface area contributed by atoms with E-state index in [1.807, 2.05) is 13.8 Å². The average molecular weight is 315 g/mol. The van der Waals surface area contributed by atoms with E-state index in [1.54, 1.807) is 19.1 Å². The minimum absolute atomic E-state index is 0.0822. The molecule has 0 bridgehead atoms. The van der Waals surface area contributed by atoms with Crippen molar-refractivity contribution >= 4 is 17.5 Å². The zero-order chi connectivity index (χ0) is 17.2. The van der Waals surface area contributed by atoms with E-state index in [1.165, 1.54) is 12.1 Å². The van der Waals surface area contributed by atoms with Crippen LogP contribution in [-0.2, 0) is 11.3 Å². The third-order valence-corrected chi connectivity index (χ3v) is 3.91. The number of nitrogens with zero attached hydrogens (tertiary/aromatic N) is 1. The SMILES string of the molecule is CC(=NCc1ccc(C(=O)O)cc1)C1=C(O)CC(C)(C)CC1=O. The number of hydrogen-bond acceptors (Lipinski definition) is 4. The van der Waals surface area contributed by atoms with Gasteiger partial charge in [0.15, 0.2) is 5.78 Å². The van der Waals surface area contributed by atoms with Gasteiger partial charge in [-0.3, -0.25) is 9.79 Å². The topological polar surface area (TPSA) is 87.0 Å². The van der Waals surface area contributed by atoms with E-state index in [-0.39, 0.29) is 22.5 Å². The second kappa shape index (κ2) is 6.36. The van der Waals surface area contributed by atoms with Gasteiger partial charge in [0, 0.05) is 18.6 Å². The van der Waals surface area contributed by atoms with Gasteiger partial charge in [-0.25, -0.2) is 4.79 Å². The van der Waals surface area contributed by atoms with Gasteiger partial charge in [0.1, 0.15) is 5.76 Å². The van der Waals surface area contributed by atoms with Gasteiger partial charge in [-0.1, -0.05) is 26.0 Å². The Morgan fingerprint density at radius 1 is 1.22 bits per heavy atom. The number of hydrogen-bond donors (Lipinski definition) is 2. The number of carboxylic acid groups (broad SMARTS) is 1. The Balaban J connectivity index is 2.16. The van der Waals surface area contributed by atoms with Crippen molar-refractivity contribution in [3.05, 3.63) is 46.7 Å². The highest BCUT2D eigenvalue weighted by Gasteiger charge is 2.33. The summed E-state index contributed by atoms with van der Waals surface area (Å²) >= 11 is 0. The number of ketones is 1. The number of rotatable bonds is 4. The molecule has 2 rings (SSSR count). The summed E-state index contributed by atoms with van der Waals surface area (Å²) in [5, 5.41) is 19.0. The van der Waals surface area contributed by atoms with Crippen LogP contribution in [0.3, 0.4) is 0 Å². The minimum Gasteiger partial charge on any atom is -0.511 e. The molecular formula is C18H21NO4. The summed E-state index contributed by atoms with van der Waals surface area (Å²) in [4.78, 5) is 27.4. The molecule has 0 atom stereocenters. The van der Waals surface area contributed by atoms with Crippen molar-refractivity contribution < 1.29 is 19.8 Å². The first-order valence-corrected chi connectivity index (χ1v) is 7.48. The van der Waals surface area contributed by atoms with Gasteiger partial charge in [-0.15, -0.1) is 0 Å². The summed E-state index contributed by atoms with van der Waals surface area (Å²) in [5.41, 5.74) is 1.69. The number of Topliss-reactive ketones (excluding diaryl/α,β-unsaturated/α-hetero) is 1. The van der Waals surface area contributed by atoms with E-state index in [0.29, 0.717) is 30.7 Å². The molecule has 0 fully saturated rings. The van der Waals surface area contributed by atoms with Crippen LogP contribution < -0.4 is 0 Å². The molecule has 0 amide bonds. The molecule has 122 valence electrons. The molecule has 0 radical (unpaired) electrons. The van der Waals surface area contributed by atoms with Crippen LogP contribution in [0, 0.1) is 5.41 Å². The van der Waals surface area contributed by atoms with Gasteiger partial charge in [0.2, 0.25) is 0 Å². The molecule has 2 N–H and O–H groups in total. The Kier molecular flexibility index (Phi) is 4.68. The largest absolute Gasteiger partial charge is 0.511 e. The zero-order valence-corrected chi connectivity index (χ0v) is 13.6. The van der Waals surface area contributed by atoms with Gasteiger partial charge >= 0.3 is 5.97 Å². The van der Waals surface area contributed by atoms with Crippen LogP contribution in [0.5, 0.6) is 0 Å². The third kappa shape index (κ3) is 4.06. The first-order chi connectivity index (χ1) is 10.7. The number of aliphatic hydroxyl groups excluding tert-OH is 1. The number of allylic oxidation sites excluding steroid dienone is 2. The molecule has 5 nitrogen and oxygen atoms in total. The van der Waals surface area contributed by atoms with Crippen LogP contribution in [0.2, 0.25) is 0 Å². The van der Waals surface area contributed by atoms with E-state index < -0.39 is 5.97 Å². The van der Waals surface area contributed by atoms with Gasteiger partial charge in [-0.05, 0) is 30.0 Å². The highest BCUT2D eigenvalue weighted by Crippen LogP contribution is 2.36. The van der Waals surface area contributed by atoms with Crippen molar-refractivity contribution in [3.63, 3.8) is 0 Å². The summed E-state index contributed by atoms with van der Waals surface area (Å²) in [5.74, 6) is -0.948. The Morgan fingerprint density at radius 3 is 2.35 bits per heavy atom. The molecule has 5 heteroatoms. The molecule has 0 aliphatic heterocycles. The number of aliphatic hydroxyl groups is 1. The van der Waals surface area contributed by atoms with Crippen LogP contribution in [0.25, 0.3) is 0 Å².